The van der Waals surface area contributed by atoms with Crippen LogP contribution in [0.1, 0.15) is 11.5 Å². The smallest absolute Gasteiger partial charge is 0.0941 e. The molecule has 1 N–H and O–H groups in total. The normalized spacial score (nSPS) is 27.8. The van der Waals surface area contributed by atoms with Crippen LogP contribution in [0.4, 0.5) is 4.39 Å². The largest absolute Gasteiger partial charge is 0.316 e. The first-order valence-corrected chi connectivity index (χ1v) is 4.58. The number of rotatable bonds is 2. The fourth-order valence-corrected chi connectivity index (χ4v) is 1.90. The molecule has 0 aliphatic carbocycles. The maximum absolute atomic E-state index is 12.6. The van der Waals surface area contributed by atoms with Gasteiger partial charge in [0.05, 0.1) is 6.67 Å². The molecule has 0 amide bonds. The lowest BCUT2D eigenvalue weighted by molar-refractivity contribution is 0.358. The van der Waals surface area contributed by atoms with Crippen molar-refractivity contribution in [2.45, 2.75) is 5.92 Å². The highest BCUT2D eigenvalue weighted by Crippen LogP contribution is 2.27. The molecule has 0 spiro atoms. The molecule has 2 rings (SSSR count). The predicted molar refractivity (Wildman–Crippen MR) is 49.3 cm³/mol. The van der Waals surface area contributed by atoms with Gasteiger partial charge in [0.1, 0.15) is 0 Å². The van der Waals surface area contributed by atoms with Crippen LogP contribution in [0.5, 0.6) is 0 Å². The zero-order chi connectivity index (χ0) is 9.10. The van der Waals surface area contributed by atoms with Crippen molar-refractivity contribution in [2.24, 2.45) is 5.92 Å². The summed E-state index contributed by atoms with van der Waals surface area (Å²) in [5, 5.41) is 3.21. The number of pyridine rings is 1. The Kier molecular flexibility index (Phi) is 2.54. The van der Waals surface area contributed by atoms with Gasteiger partial charge in [-0.1, -0.05) is 0 Å². The summed E-state index contributed by atoms with van der Waals surface area (Å²) in [6.07, 6.45) is 3.53. The summed E-state index contributed by atoms with van der Waals surface area (Å²) in [5.41, 5.74) is 1.20. The van der Waals surface area contributed by atoms with Crippen molar-refractivity contribution in [3.8, 4) is 0 Å². The van der Waals surface area contributed by atoms with Crippen LogP contribution >= 0.6 is 0 Å². The van der Waals surface area contributed by atoms with E-state index in [9.17, 15) is 4.39 Å². The highest BCUT2D eigenvalue weighted by molar-refractivity contribution is 5.19. The molecule has 0 aromatic carbocycles. The third-order valence-corrected chi connectivity index (χ3v) is 2.67. The van der Waals surface area contributed by atoms with Crippen molar-refractivity contribution in [1.82, 2.24) is 10.3 Å². The molecular formula is C10H13FN2. The summed E-state index contributed by atoms with van der Waals surface area (Å²) >= 11 is 0. The molecular weight excluding hydrogens is 167 g/mol. The lowest BCUT2D eigenvalue weighted by Gasteiger charge is -2.14. The van der Waals surface area contributed by atoms with Crippen molar-refractivity contribution in [3.05, 3.63) is 30.1 Å². The predicted octanol–water partition coefficient (Wildman–Crippen LogP) is 1.35. The lowest BCUT2D eigenvalue weighted by atomic mass is 9.91. The summed E-state index contributed by atoms with van der Waals surface area (Å²) in [5.74, 6) is 0.468. The minimum Gasteiger partial charge on any atom is -0.316 e. The van der Waals surface area contributed by atoms with E-state index in [1.54, 1.807) is 12.4 Å². The number of halogens is 1. The Morgan fingerprint density at radius 1 is 1.38 bits per heavy atom. The molecule has 2 heterocycles. The monoisotopic (exact) mass is 180 g/mol. The minimum atomic E-state index is -0.236. The van der Waals surface area contributed by atoms with Crippen LogP contribution in [-0.2, 0) is 0 Å². The Balaban J connectivity index is 2.16. The average Bonchev–Trinajstić information content (AvgIpc) is 2.67. The summed E-state index contributed by atoms with van der Waals surface area (Å²) in [6.45, 7) is 1.45. The van der Waals surface area contributed by atoms with Gasteiger partial charge in [-0.2, -0.15) is 0 Å². The first kappa shape index (κ1) is 8.63. The maximum Gasteiger partial charge on any atom is 0.0941 e. The van der Waals surface area contributed by atoms with Crippen molar-refractivity contribution >= 4 is 0 Å². The maximum atomic E-state index is 12.6. The van der Waals surface area contributed by atoms with Gasteiger partial charge in [0.25, 0.3) is 0 Å². The highest BCUT2D eigenvalue weighted by atomic mass is 19.1. The van der Waals surface area contributed by atoms with Gasteiger partial charge in [0.15, 0.2) is 0 Å². The standard InChI is InChI=1S/C10H13FN2/c11-5-9-6-13-7-10(9)8-1-3-12-4-2-8/h1-4,9-10,13H,5-7H2/t9-,10+/m1/s1. The molecule has 1 aromatic heterocycles. The molecule has 0 radical (unpaired) electrons. The minimum absolute atomic E-state index is 0.141. The Bertz CT molecular complexity index is 263. The van der Waals surface area contributed by atoms with E-state index in [1.807, 2.05) is 12.1 Å². The second kappa shape index (κ2) is 3.83. The van der Waals surface area contributed by atoms with E-state index < -0.39 is 0 Å². The molecule has 13 heavy (non-hydrogen) atoms. The number of hydrogen-bond acceptors (Lipinski definition) is 2. The number of aromatic nitrogens is 1. The van der Waals surface area contributed by atoms with Gasteiger partial charge in [-0.25, -0.2) is 0 Å². The zero-order valence-corrected chi connectivity index (χ0v) is 7.41. The lowest BCUT2D eigenvalue weighted by Crippen LogP contribution is -2.12. The van der Waals surface area contributed by atoms with Gasteiger partial charge >= 0.3 is 0 Å². The summed E-state index contributed by atoms with van der Waals surface area (Å²) < 4.78 is 12.6. The van der Waals surface area contributed by atoms with Gasteiger partial charge in [0.2, 0.25) is 0 Å². The molecule has 3 heteroatoms. The van der Waals surface area contributed by atoms with E-state index in [2.05, 4.69) is 10.3 Å². The molecule has 1 aliphatic heterocycles. The zero-order valence-electron chi connectivity index (χ0n) is 7.41. The number of hydrogen-bond donors (Lipinski definition) is 1. The molecule has 1 saturated heterocycles. The summed E-state index contributed by atoms with van der Waals surface area (Å²) in [7, 11) is 0. The van der Waals surface area contributed by atoms with Crippen LogP contribution in [0.2, 0.25) is 0 Å². The first-order chi connectivity index (χ1) is 6.42. The Hall–Kier alpha value is -0.960. The molecule has 0 bridgehead atoms. The van der Waals surface area contributed by atoms with Gasteiger partial charge in [0, 0.05) is 37.3 Å². The number of alkyl halides is 1. The van der Waals surface area contributed by atoms with Crippen LogP contribution in [0, 0.1) is 5.92 Å². The Morgan fingerprint density at radius 3 is 2.85 bits per heavy atom. The van der Waals surface area contributed by atoms with Crippen molar-refractivity contribution in [1.29, 1.82) is 0 Å². The summed E-state index contributed by atoms with van der Waals surface area (Å²) in [6, 6.07) is 3.95. The van der Waals surface area contributed by atoms with Crippen LogP contribution in [0.3, 0.4) is 0 Å². The molecule has 1 aliphatic rings. The van der Waals surface area contributed by atoms with Crippen LogP contribution in [0.25, 0.3) is 0 Å². The van der Waals surface area contributed by atoms with Gasteiger partial charge in [-0.05, 0) is 17.7 Å². The second-order valence-corrected chi connectivity index (χ2v) is 3.46. The molecule has 2 atom stereocenters. The van der Waals surface area contributed by atoms with Crippen molar-refractivity contribution in [2.75, 3.05) is 19.8 Å². The summed E-state index contributed by atoms with van der Waals surface area (Å²) in [4.78, 5) is 3.95. The molecule has 0 unspecified atom stereocenters. The fourth-order valence-electron chi connectivity index (χ4n) is 1.90. The molecule has 2 nitrogen and oxygen atoms in total. The molecule has 1 fully saturated rings. The van der Waals surface area contributed by atoms with Crippen molar-refractivity contribution in [3.63, 3.8) is 0 Å². The van der Waals surface area contributed by atoms with Crippen LogP contribution in [0.15, 0.2) is 24.5 Å². The van der Waals surface area contributed by atoms with E-state index >= 15 is 0 Å². The third kappa shape index (κ3) is 1.70. The molecule has 1 aromatic rings. The van der Waals surface area contributed by atoms with Crippen LogP contribution < -0.4 is 5.32 Å². The van der Waals surface area contributed by atoms with E-state index in [0.717, 1.165) is 13.1 Å². The second-order valence-electron chi connectivity index (χ2n) is 3.46. The van der Waals surface area contributed by atoms with E-state index in [0.29, 0.717) is 5.92 Å². The van der Waals surface area contributed by atoms with Gasteiger partial charge in [-0.3, -0.25) is 9.37 Å². The van der Waals surface area contributed by atoms with Gasteiger partial charge < -0.3 is 5.32 Å². The van der Waals surface area contributed by atoms with Gasteiger partial charge in [-0.15, -0.1) is 0 Å². The van der Waals surface area contributed by atoms with E-state index in [4.69, 9.17) is 0 Å². The Labute approximate surface area is 77.2 Å². The van der Waals surface area contributed by atoms with E-state index in [-0.39, 0.29) is 12.6 Å². The quantitative estimate of drug-likeness (QED) is 0.743. The van der Waals surface area contributed by atoms with Crippen molar-refractivity contribution < 1.29 is 4.39 Å². The molecule has 0 saturated carbocycles. The van der Waals surface area contributed by atoms with E-state index in [1.165, 1.54) is 5.56 Å². The number of nitrogens with one attached hydrogen (secondary N) is 1. The number of nitrogens with zero attached hydrogens (tertiary/aromatic N) is 1. The fraction of sp³-hybridized carbons (Fsp3) is 0.500. The third-order valence-electron chi connectivity index (χ3n) is 2.67. The SMILES string of the molecule is FC[C@@H]1CNC[C@H]1c1ccncc1. The molecule has 70 valence electrons. The topological polar surface area (TPSA) is 24.9 Å². The Morgan fingerprint density at radius 2 is 2.15 bits per heavy atom. The van der Waals surface area contributed by atoms with Crippen LogP contribution in [-0.4, -0.2) is 24.7 Å². The first-order valence-electron chi connectivity index (χ1n) is 4.58. The highest BCUT2D eigenvalue weighted by Gasteiger charge is 2.27. The average molecular weight is 180 g/mol.